The molecule has 1 aliphatic carbocycles. The van der Waals surface area contributed by atoms with Gasteiger partial charge >= 0.3 is 23.9 Å². The highest BCUT2D eigenvalue weighted by Crippen LogP contribution is 2.27. The average molecular weight is 983 g/mol. The van der Waals surface area contributed by atoms with Crippen molar-refractivity contribution in [2.75, 3.05) is 65.1 Å². The van der Waals surface area contributed by atoms with Gasteiger partial charge in [-0.15, -0.1) is 12.6 Å². The van der Waals surface area contributed by atoms with Crippen molar-refractivity contribution in [2.45, 2.75) is 87.7 Å². The number of carboxylic acid groups (broad SMARTS) is 3. The lowest BCUT2D eigenvalue weighted by atomic mass is 10.0. The van der Waals surface area contributed by atoms with Gasteiger partial charge in [0.25, 0.3) is 0 Å². The van der Waals surface area contributed by atoms with E-state index in [0.29, 0.717) is 43.1 Å². The molecule has 1 aliphatic rings. The molecule has 0 heterocycles. The van der Waals surface area contributed by atoms with Gasteiger partial charge in [-0.05, 0) is 86.1 Å². The van der Waals surface area contributed by atoms with Gasteiger partial charge < -0.3 is 68.1 Å². The Morgan fingerprint density at radius 1 is 0.841 bits per heavy atom. The van der Waals surface area contributed by atoms with Crippen LogP contribution in [0.2, 0.25) is 0 Å². The molecule has 0 fully saturated rings. The summed E-state index contributed by atoms with van der Waals surface area (Å²) >= 11 is 4.21. The summed E-state index contributed by atoms with van der Waals surface area (Å²) in [7, 11) is 7.90. The van der Waals surface area contributed by atoms with Crippen LogP contribution in [-0.2, 0) is 39.9 Å². The maximum atomic E-state index is 13.0. The Hall–Kier alpha value is -7.07. The van der Waals surface area contributed by atoms with Gasteiger partial charge in [0, 0.05) is 67.9 Å². The molecule has 3 atom stereocenters. The fourth-order valence-electron chi connectivity index (χ4n) is 6.18. The number of nitrogens with two attached hydrogens (primary N) is 2. The molecule has 22 heteroatoms. The maximum absolute atomic E-state index is 13.0. The van der Waals surface area contributed by atoms with E-state index in [-0.39, 0.29) is 43.2 Å². The van der Waals surface area contributed by atoms with Crippen LogP contribution in [-0.4, -0.2) is 145 Å². The highest BCUT2D eigenvalue weighted by atomic mass is 32.1. The van der Waals surface area contributed by atoms with Gasteiger partial charge in [0.05, 0.1) is 18.7 Å². The van der Waals surface area contributed by atoms with Crippen LogP contribution in [0.25, 0.3) is 6.08 Å². The minimum Gasteiger partial charge on any atom is -0.507 e. The first kappa shape index (κ1) is 58.1. The number of aliphatic carboxylic acids is 3. The third-order valence-electron chi connectivity index (χ3n) is 10.2. The number of carboxylic acids is 3. The minimum atomic E-state index is -1.39. The molecule has 0 aromatic heterocycles. The van der Waals surface area contributed by atoms with E-state index in [0.717, 1.165) is 46.7 Å². The zero-order chi connectivity index (χ0) is 51.6. The molecule has 378 valence electrons. The number of carbonyl (C=O) groups excluding carboxylic acids is 4. The van der Waals surface area contributed by atoms with Crippen molar-refractivity contribution in [1.82, 2.24) is 26.6 Å². The Bertz CT molecular complexity index is 2240. The molecule has 5 amide bonds. The summed E-state index contributed by atoms with van der Waals surface area (Å²) in [5.41, 5.74) is 17.8. The summed E-state index contributed by atoms with van der Waals surface area (Å²) in [4.78, 5) is 83.0. The molecule has 2 aromatic rings. The van der Waals surface area contributed by atoms with Gasteiger partial charge in [-0.1, -0.05) is 25.5 Å². The van der Waals surface area contributed by atoms with Crippen LogP contribution in [0.5, 0.6) is 5.75 Å². The van der Waals surface area contributed by atoms with Crippen molar-refractivity contribution >= 4 is 77.5 Å². The highest BCUT2D eigenvalue weighted by molar-refractivity contribution is 7.80. The van der Waals surface area contributed by atoms with Crippen LogP contribution in [0.4, 0.5) is 16.2 Å². The Balaban J connectivity index is 0.000000813. The molecule has 21 nitrogen and oxygen atoms in total. The molecule has 0 radical (unpaired) electrons. The first-order chi connectivity index (χ1) is 32.6. The van der Waals surface area contributed by atoms with Crippen molar-refractivity contribution in [3.05, 3.63) is 77.1 Å². The number of aromatic hydroxyl groups is 1. The van der Waals surface area contributed by atoms with Crippen molar-refractivity contribution in [3.63, 3.8) is 0 Å². The number of hydrogen-bond acceptors (Lipinski definition) is 13. The molecule has 3 rings (SSSR count). The molecule has 2 aromatic carbocycles. The lowest BCUT2D eigenvalue weighted by molar-refractivity contribution is -0.462. The molecule has 69 heavy (non-hydrogen) atoms. The van der Waals surface area contributed by atoms with E-state index >= 15 is 0 Å². The van der Waals surface area contributed by atoms with Crippen LogP contribution in [0, 0.1) is 0 Å². The lowest BCUT2D eigenvalue weighted by Crippen LogP contribution is -2.52. The van der Waals surface area contributed by atoms with Crippen molar-refractivity contribution in [2.24, 2.45) is 5.73 Å². The molecular formula is C47H68N9O12S+. The number of ether oxygens (including phenoxy) is 1. The number of urea groups is 1. The summed E-state index contributed by atoms with van der Waals surface area (Å²) in [5.74, 6) is -4.17. The SMILES string of the molecule is CCCCNC(=O)C(CCC(=O)NCCCCOC1=CC(=[N+](C)C)C=C/C1=C/c1ccc(N(C)C)cc1N)NC(=O)C(N)Cc1ccc(O)c(S)c1.O=C(O)CCC(NC(=O)NCC(=O)O)C(=O)O. The first-order valence-corrected chi connectivity index (χ1v) is 22.7. The van der Waals surface area contributed by atoms with E-state index in [1.165, 1.54) is 6.07 Å². The predicted octanol–water partition coefficient (Wildman–Crippen LogP) is 2.23. The van der Waals surface area contributed by atoms with E-state index in [1.54, 1.807) is 12.1 Å². The molecule has 0 spiro atoms. The van der Waals surface area contributed by atoms with Crippen LogP contribution < -0.4 is 43.0 Å². The van der Waals surface area contributed by atoms with E-state index < -0.39 is 60.9 Å². The number of carbonyl (C=O) groups is 7. The second-order valence-electron chi connectivity index (χ2n) is 16.3. The Morgan fingerprint density at radius 3 is 2.14 bits per heavy atom. The number of benzene rings is 2. The summed E-state index contributed by atoms with van der Waals surface area (Å²) in [5, 5.41) is 47.3. The smallest absolute Gasteiger partial charge is 0.326 e. The third-order valence-corrected chi connectivity index (χ3v) is 10.5. The van der Waals surface area contributed by atoms with Crippen molar-refractivity contribution in [1.29, 1.82) is 0 Å². The number of phenolic OH excluding ortho intramolecular Hbond substituents is 1. The molecule has 0 aliphatic heterocycles. The zero-order valence-corrected chi connectivity index (χ0v) is 40.6. The van der Waals surface area contributed by atoms with Crippen LogP contribution in [0.1, 0.15) is 69.4 Å². The number of hydrogen-bond donors (Lipinski definition) is 12. The maximum Gasteiger partial charge on any atom is 0.326 e. The Labute approximate surface area is 407 Å². The summed E-state index contributed by atoms with van der Waals surface area (Å²) < 4.78 is 8.25. The number of rotatable bonds is 26. The summed E-state index contributed by atoms with van der Waals surface area (Å²) in [6, 6.07) is 6.55. The number of phenols is 1. The van der Waals surface area contributed by atoms with Crippen molar-refractivity contribution < 1.29 is 63.3 Å². The minimum absolute atomic E-state index is 0.0312. The number of nitrogens with zero attached hydrogens (tertiary/aromatic N) is 2. The quantitative estimate of drug-likeness (QED) is 0.0278. The molecule has 0 saturated carbocycles. The van der Waals surface area contributed by atoms with Crippen LogP contribution >= 0.6 is 12.6 Å². The predicted molar refractivity (Wildman–Crippen MR) is 264 cm³/mol. The Morgan fingerprint density at radius 2 is 1.54 bits per heavy atom. The van der Waals surface area contributed by atoms with Crippen LogP contribution in [0.3, 0.4) is 0 Å². The number of nitrogens with one attached hydrogen (secondary N) is 5. The number of amides is 5. The fraction of sp³-hybridized carbons (Fsp3) is 0.447. The van der Waals surface area contributed by atoms with Crippen LogP contribution in [0.15, 0.2) is 70.9 Å². The van der Waals surface area contributed by atoms with Gasteiger partial charge in [-0.2, -0.15) is 0 Å². The van der Waals surface area contributed by atoms with E-state index in [4.69, 9.17) is 31.5 Å². The van der Waals surface area contributed by atoms with E-state index in [1.807, 2.05) is 97.7 Å². The van der Waals surface area contributed by atoms with Crippen molar-refractivity contribution in [3.8, 4) is 5.75 Å². The first-order valence-electron chi connectivity index (χ1n) is 22.3. The van der Waals surface area contributed by atoms with E-state index in [9.17, 15) is 38.7 Å². The molecular weight excluding hydrogens is 915 g/mol. The number of nitrogen functional groups attached to an aromatic ring is 1. The van der Waals surface area contributed by atoms with Gasteiger partial charge in [-0.25, -0.2) is 14.2 Å². The van der Waals surface area contributed by atoms with E-state index in [2.05, 4.69) is 28.6 Å². The number of unbranched alkanes of at least 4 members (excludes halogenated alkanes) is 2. The Kier molecular flexibility index (Phi) is 25.5. The number of thiol groups is 1. The molecule has 0 saturated heterocycles. The molecule has 13 N–H and O–H groups in total. The van der Waals surface area contributed by atoms with Gasteiger partial charge in [0.2, 0.25) is 23.4 Å². The summed E-state index contributed by atoms with van der Waals surface area (Å²) in [6.45, 7) is 2.73. The standard InChI is InChI=1S/C39H55N7O5S.C8H12N2O7/c1-6-7-18-43-39(50)33(44-38(49)32(41)21-26-10-16-34(47)36(52)22-26)15-17-37(48)42-19-8-9-20-51-35-25-30(46(4)5)14-12-28(35)23-27-11-13-29(45(2)3)24-31(27)40;11-5(12)2-1-4(7(15)16)10-8(17)9-3-6(13)14/h10-14,16,22-25,32-33,40H,6-9,15,17-21,41H2,1-5H3,(H5,42,43,44,47,48,49,50,52);4H,1-3H2,(H,11,12)(H,13,14)(H,15,16)(H2,9,10,17)/p+1. The highest BCUT2D eigenvalue weighted by Gasteiger charge is 2.25. The van der Waals surface area contributed by atoms with Gasteiger partial charge in [0.15, 0.2) is 0 Å². The zero-order valence-electron chi connectivity index (χ0n) is 39.7. The number of anilines is 2. The molecule has 3 unspecified atom stereocenters. The topological polar surface area (TPSA) is 328 Å². The lowest BCUT2D eigenvalue weighted by Gasteiger charge is -2.21. The van der Waals surface area contributed by atoms with Gasteiger partial charge in [-0.3, -0.25) is 24.0 Å². The third kappa shape index (κ3) is 22.5. The average Bonchev–Trinajstić information content (AvgIpc) is 3.28. The molecule has 0 bridgehead atoms. The second kappa shape index (κ2) is 30.3. The second-order valence-corrected chi connectivity index (χ2v) is 16.8. The normalized spacial score (nSPS) is 13.6. The summed E-state index contributed by atoms with van der Waals surface area (Å²) in [6.07, 6.45) is 10.8. The number of allylic oxidation sites excluding steroid dienone is 3. The van der Waals surface area contributed by atoms with Gasteiger partial charge in [0.1, 0.15) is 44.2 Å². The fourth-order valence-corrected chi connectivity index (χ4v) is 6.42. The monoisotopic (exact) mass is 982 g/mol. The largest absolute Gasteiger partial charge is 0.507 e.